The van der Waals surface area contributed by atoms with Crippen molar-refractivity contribution in [2.45, 2.75) is 19.4 Å². The number of fused-ring (bicyclic) bond motifs is 1. The molecule has 3 N–H and O–H groups in total. The predicted molar refractivity (Wildman–Crippen MR) is 112 cm³/mol. The largest absolute Gasteiger partial charge is 0.504 e. The molecule has 0 saturated heterocycles. The number of ketones is 1. The van der Waals surface area contributed by atoms with Crippen LogP contribution < -0.4 is 15.4 Å². The fraction of sp³-hybridized carbons (Fsp3) is 0.304. The summed E-state index contributed by atoms with van der Waals surface area (Å²) in [6.07, 6.45) is 0.523. The zero-order valence-electron chi connectivity index (χ0n) is 17.1. The summed E-state index contributed by atoms with van der Waals surface area (Å²) >= 11 is 0. The van der Waals surface area contributed by atoms with Gasteiger partial charge in [0.05, 0.1) is 31.6 Å². The van der Waals surface area contributed by atoms with Crippen LogP contribution in [0.3, 0.4) is 0 Å². The lowest BCUT2D eigenvalue weighted by Gasteiger charge is -2.32. The van der Waals surface area contributed by atoms with Crippen molar-refractivity contribution < 1.29 is 24.2 Å². The summed E-state index contributed by atoms with van der Waals surface area (Å²) in [5, 5.41) is 17.1. The number of phenolic OH excluding ortho intramolecular Hbond substituents is 1. The van der Waals surface area contributed by atoms with E-state index in [1.54, 1.807) is 18.2 Å². The van der Waals surface area contributed by atoms with Crippen molar-refractivity contribution in [2.24, 2.45) is 11.8 Å². The first-order valence-electron chi connectivity index (χ1n) is 9.79. The molecule has 2 aliphatic rings. The Kier molecular flexibility index (Phi) is 5.11. The lowest BCUT2D eigenvalue weighted by atomic mass is 9.75. The minimum Gasteiger partial charge on any atom is -0.504 e. The summed E-state index contributed by atoms with van der Waals surface area (Å²) in [6.45, 7) is 1.88. The molecule has 1 heterocycles. The highest BCUT2D eigenvalue weighted by Gasteiger charge is 2.44. The Morgan fingerprint density at radius 3 is 2.53 bits per heavy atom. The number of hydrogen-bond donors (Lipinski definition) is 3. The highest BCUT2D eigenvalue weighted by atomic mass is 16.5. The molecular weight excluding hydrogens is 384 g/mol. The van der Waals surface area contributed by atoms with Crippen molar-refractivity contribution in [2.75, 3.05) is 24.9 Å². The molecular formula is C23H24N2O5. The number of ether oxygens (including phenoxy) is 2. The quantitative estimate of drug-likeness (QED) is 0.527. The maximum Gasteiger partial charge on any atom is 0.316 e. The van der Waals surface area contributed by atoms with E-state index < -0.39 is 17.9 Å². The van der Waals surface area contributed by atoms with Crippen LogP contribution in [0.1, 0.15) is 24.9 Å². The van der Waals surface area contributed by atoms with Gasteiger partial charge < -0.3 is 25.2 Å². The number of anilines is 2. The molecule has 0 saturated carbocycles. The first-order chi connectivity index (χ1) is 14.4. The topological polar surface area (TPSA) is 96.9 Å². The SMILES string of the molecule is COC(=O)[C@H]1C(=O)C2=C(C[C@H]1C)Nc1ccccc1N[C@@H]2c1ccc(OC)c(O)c1. The molecule has 2 aromatic carbocycles. The van der Waals surface area contributed by atoms with E-state index in [1.165, 1.54) is 14.2 Å². The number of rotatable bonds is 3. The molecule has 1 aliphatic carbocycles. The lowest BCUT2D eigenvalue weighted by molar-refractivity contribution is -0.151. The van der Waals surface area contributed by atoms with Crippen molar-refractivity contribution in [3.8, 4) is 11.5 Å². The van der Waals surface area contributed by atoms with Crippen molar-refractivity contribution in [1.29, 1.82) is 0 Å². The minimum atomic E-state index is -0.868. The number of allylic oxidation sites excluding steroid dienone is 1. The maximum atomic E-state index is 13.5. The molecule has 2 aromatic rings. The van der Waals surface area contributed by atoms with Gasteiger partial charge in [-0.1, -0.05) is 25.1 Å². The molecule has 0 bridgehead atoms. The van der Waals surface area contributed by atoms with Crippen LogP contribution in [0.2, 0.25) is 0 Å². The molecule has 0 amide bonds. The third-order valence-electron chi connectivity index (χ3n) is 5.76. The van der Waals surface area contributed by atoms with Gasteiger partial charge in [-0.2, -0.15) is 0 Å². The van der Waals surface area contributed by atoms with Gasteiger partial charge >= 0.3 is 5.97 Å². The number of carbonyl (C=O) groups is 2. The molecule has 1 aliphatic heterocycles. The maximum absolute atomic E-state index is 13.5. The Bertz CT molecular complexity index is 1050. The third-order valence-corrected chi connectivity index (χ3v) is 5.76. The van der Waals surface area contributed by atoms with E-state index in [4.69, 9.17) is 9.47 Å². The van der Waals surface area contributed by atoms with Crippen molar-refractivity contribution in [3.05, 3.63) is 59.3 Å². The molecule has 0 aromatic heterocycles. The standard InChI is InChI=1S/C23H24N2O5/c1-12-10-16-20(22(27)19(12)23(28)30-3)21(13-8-9-18(29-2)17(26)11-13)25-15-7-5-4-6-14(15)24-16/h4-9,11-12,19,21,24-26H,10H2,1-3H3/t12-,19-,21-/m1/s1. The first-order valence-corrected chi connectivity index (χ1v) is 9.79. The van der Waals surface area contributed by atoms with Crippen LogP contribution in [-0.2, 0) is 14.3 Å². The van der Waals surface area contributed by atoms with E-state index >= 15 is 0 Å². The van der Waals surface area contributed by atoms with Crippen molar-refractivity contribution in [3.63, 3.8) is 0 Å². The molecule has 0 radical (unpaired) electrons. The van der Waals surface area contributed by atoms with Gasteiger partial charge in [-0.3, -0.25) is 9.59 Å². The summed E-state index contributed by atoms with van der Waals surface area (Å²) in [4.78, 5) is 25.9. The Morgan fingerprint density at radius 2 is 1.87 bits per heavy atom. The van der Waals surface area contributed by atoms with Gasteiger partial charge in [0, 0.05) is 11.3 Å². The smallest absolute Gasteiger partial charge is 0.316 e. The van der Waals surface area contributed by atoms with E-state index in [2.05, 4.69) is 10.6 Å². The van der Waals surface area contributed by atoms with E-state index in [0.29, 0.717) is 23.3 Å². The average molecular weight is 408 g/mol. The van der Waals surface area contributed by atoms with Gasteiger partial charge in [0.2, 0.25) is 0 Å². The Labute approximate surface area is 174 Å². The van der Waals surface area contributed by atoms with Crippen LogP contribution in [0.25, 0.3) is 0 Å². The fourth-order valence-electron chi connectivity index (χ4n) is 4.27. The monoisotopic (exact) mass is 408 g/mol. The number of benzene rings is 2. The molecule has 3 atom stereocenters. The normalized spacial score (nSPS) is 22.8. The lowest BCUT2D eigenvalue weighted by Crippen LogP contribution is -2.39. The zero-order chi connectivity index (χ0) is 21.4. The predicted octanol–water partition coefficient (Wildman–Crippen LogP) is 3.63. The van der Waals surface area contributed by atoms with E-state index in [-0.39, 0.29) is 17.5 Å². The van der Waals surface area contributed by atoms with Crippen LogP contribution in [0.15, 0.2) is 53.7 Å². The number of Topliss-reactive ketones (excluding diaryl/α,β-unsaturated/α-hetero) is 1. The number of phenols is 1. The first kappa shape index (κ1) is 19.8. The summed E-state index contributed by atoms with van der Waals surface area (Å²) < 4.78 is 10.1. The number of esters is 1. The molecule has 0 spiro atoms. The van der Waals surface area contributed by atoms with E-state index in [0.717, 1.165) is 17.1 Å². The van der Waals surface area contributed by atoms with E-state index in [1.807, 2.05) is 31.2 Å². The Morgan fingerprint density at radius 1 is 1.13 bits per heavy atom. The average Bonchev–Trinajstić information content (AvgIpc) is 2.90. The van der Waals surface area contributed by atoms with Crippen LogP contribution >= 0.6 is 0 Å². The van der Waals surface area contributed by atoms with E-state index in [9.17, 15) is 14.7 Å². The number of para-hydroxylation sites is 2. The molecule has 7 nitrogen and oxygen atoms in total. The molecule has 7 heteroatoms. The van der Waals surface area contributed by atoms with Gasteiger partial charge in [-0.25, -0.2) is 0 Å². The molecule has 0 fully saturated rings. The summed E-state index contributed by atoms with van der Waals surface area (Å²) in [7, 11) is 2.77. The second kappa shape index (κ2) is 7.74. The van der Waals surface area contributed by atoms with Gasteiger partial charge in [0.1, 0.15) is 5.92 Å². The van der Waals surface area contributed by atoms with Crippen molar-refractivity contribution >= 4 is 23.1 Å². The fourth-order valence-corrected chi connectivity index (χ4v) is 4.27. The summed E-state index contributed by atoms with van der Waals surface area (Å²) in [6, 6.07) is 12.2. The number of carbonyl (C=O) groups excluding carboxylic acids is 2. The van der Waals surface area contributed by atoms with Gasteiger partial charge in [-0.05, 0) is 42.2 Å². The minimum absolute atomic E-state index is 0.0226. The van der Waals surface area contributed by atoms with Gasteiger partial charge in [0.15, 0.2) is 17.3 Å². The third kappa shape index (κ3) is 3.26. The number of methoxy groups -OCH3 is 2. The van der Waals surface area contributed by atoms with Crippen LogP contribution in [-0.4, -0.2) is 31.1 Å². The Balaban J connectivity index is 1.87. The molecule has 156 valence electrons. The number of aromatic hydroxyl groups is 1. The number of nitrogens with one attached hydrogen (secondary N) is 2. The van der Waals surface area contributed by atoms with Gasteiger partial charge in [-0.15, -0.1) is 0 Å². The van der Waals surface area contributed by atoms with Crippen LogP contribution in [0.4, 0.5) is 11.4 Å². The molecule has 4 rings (SSSR count). The van der Waals surface area contributed by atoms with Gasteiger partial charge in [0.25, 0.3) is 0 Å². The zero-order valence-corrected chi connectivity index (χ0v) is 17.1. The van der Waals surface area contributed by atoms with Crippen LogP contribution in [0.5, 0.6) is 11.5 Å². The Hall–Kier alpha value is -3.48. The van der Waals surface area contributed by atoms with Crippen molar-refractivity contribution in [1.82, 2.24) is 0 Å². The second-order valence-corrected chi connectivity index (χ2v) is 7.62. The van der Waals surface area contributed by atoms with Crippen LogP contribution in [0, 0.1) is 11.8 Å². The summed E-state index contributed by atoms with van der Waals surface area (Å²) in [5.74, 6) is -1.55. The highest BCUT2D eigenvalue weighted by molar-refractivity contribution is 6.11. The second-order valence-electron chi connectivity index (χ2n) is 7.62. The molecule has 0 unspecified atom stereocenters. The number of hydrogen-bond acceptors (Lipinski definition) is 7. The summed E-state index contributed by atoms with van der Waals surface area (Å²) in [5.41, 5.74) is 3.60. The molecule has 30 heavy (non-hydrogen) atoms. The highest BCUT2D eigenvalue weighted by Crippen LogP contribution is 2.44.